The molecule has 0 unspecified atom stereocenters. The van der Waals surface area contributed by atoms with Crippen LogP contribution in [-0.4, -0.2) is 28.6 Å². The zero-order valence-electron chi connectivity index (χ0n) is 11.2. The zero-order chi connectivity index (χ0) is 13.8. The van der Waals surface area contributed by atoms with Gasteiger partial charge in [0.1, 0.15) is 5.82 Å². The van der Waals surface area contributed by atoms with Crippen LogP contribution in [0.25, 0.3) is 0 Å². The molecule has 3 nitrogen and oxygen atoms in total. The molecule has 1 aromatic carbocycles. The Kier molecular flexibility index (Phi) is 4.53. The van der Waals surface area contributed by atoms with Gasteiger partial charge < -0.3 is 5.11 Å². The minimum atomic E-state index is -1.21. The molecule has 1 N–H and O–H groups in total. The molecule has 0 aliphatic heterocycles. The molecule has 1 aliphatic rings. The Bertz CT molecular complexity index is 455. The van der Waals surface area contributed by atoms with E-state index < -0.39 is 11.8 Å². The summed E-state index contributed by atoms with van der Waals surface area (Å²) in [6.07, 6.45) is 4.79. The average Bonchev–Trinajstić information content (AvgIpc) is 2.91. The molecule has 4 heteroatoms. The van der Waals surface area contributed by atoms with E-state index in [9.17, 15) is 9.18 Å². The summed E-state index contributed by atoms with van der Waals surface area (Å²) in [6.45, 7) is 3.42. The van der Waals surface area contributed by atoms with Crippen LogP contribution in [0, 0.1) is 5.82 Å². The summed E-state index contributed by atoms with van der Waals surface area (Å²) in [7, 11) is 0. The maximum absolute atomic E-state index is 14.1. The number of carboxylic acids is 1. The molecule has 1 aromatic rings. The molecule has 1 aliphatic carbocycles. The van der Waals surface area contributed by atoms with Gasteiger partial charge in [0.25, 0.3) is 0 Å². The Labute approximate surface area is 113 Å². The minimum absolute atomic E-state index is 0.236. The third-order valence-corrected chi connectivity index (χ3v) is 3.93. The first kappa shape index (κ1) is 14.0. The van der Waals surface area contributed by atoms with Gasteiger partial charge in [0.2, 0.25) is 0 Å². The second kappa shape index (κ2) is 6.15. The van der Waals surface area contributed by atoms with Crippen molar-refractivity contribution >= 4 is 5.97 Å². The second-order valence-corrected chi connectivity index (χ2v) is 5.09. The van der Waals surface area contributed by atoms with Crippen LogP contribution in [0.1, 0.15) is 48.5 Å². The Morgan fingerprint density at radius 2 is 2.11 bits per heavy atom. The fourth-order valence-electron chi connectivity index (χ4n) is 2.85. The van der Waals surface area contributed by atoms with E-state index in [1.807, 2.05) is 0 Å². The molecular weight excluding hydrogens is 245 g/mol. The quantitative estimate of drug-likeness (QED) is 0.888. The number of rotatable bonds is 5. The predicted molar refractivity (Wildman–Crippen MR) is 71.7 cm³/mol. The van der Waals surface area contributed by atoms with Crippen molar-refractivity contribution in [1.82, 2.24) is 4.90 Å². The van der Waals surface area contributed by atoms with E-state index in [0.717, 1.165) is 19.4 Å². The second-order valence-electron chi connectivity index (χ2n) is 5.09. The molecule has 1 saturated carbocycles. The minimum Gasteiger partial charge on any atom is -0.478 e. The van der Waals surface area contributed by atoms with Crippen molar-refractivity contribution in [2.24, 2.45) is 0 Å². The van der Waals surface area contributed by atoms with Crippen LogP contribution in [0.4, 0.5) is 4.39 Å². The van der Waals surface area contributed by atoms with Crippen LogP contribution in [0.5, 0.6) is 0 Å². The fourth-order valence-corrected chi connectivity index (χ4v) is 2.85. The van der Waals surface area contributed by atoms with Crippen LogP contribution in [-0.2, 0) is 6.54 Å². The average molecular weight is 265 g/mol. The molecule has 0 heterocycles. The lowest BCUT2D eigenvalue weighted by atomic mass is 10.1. The van der Waals surface area contributed by atoms with Gasteiger partial charge in [-0.1, -0.05) is 31.9 Å². The van der Waals surface area contributed by atoms with Gasteiger partial charge in [0.05, 0.1) is 5.56 Å². The molecule has 1 fully saturated rings. The molecule has 0 aromatic heterocycles. The van der Waals surface area contributed by atoms with E-state index in [4.69, 9.17) is 5.11 Å². The van der Waals surface area contributed by atoms with Gasteiger partial charge in [-0.25, -0.2) is 9.18 Å². The van der Waals surface area contributed by atoms with Crippen LogP contribution in [0.2, 0.25) is 0 Å². The van der Waals surface area contributed by atoms with Crippen LogP contribution >= 0.6 is 0 Å². The van der Waals surface area contributed by atoms with Crippen molar-refractivity contribution < 1.29 is 14.3 Å². The number of benzene rings is 1. The number of hydrogen-bond donors (Lipinski definition) is 1. The topological polar surface area (TPSA) is 40.5 Å². The van der Waals surface area contributed by atoms with Gasteiger partial charge in [-0.3, -0.25) is 4.90 Å². The summed E-state index contributed by atoms with van der Waals surface area (Å²) in [6, 6.07) is 5.12. The van der Waals surface area contributed by atoms with Crippen molar-refractivity contribution in [2.45, 2.75) is 45.2 Å². The van der Waals surface area contributed by atoms with Crippen molar-refractivity contribution in [3.63, 3.8) is 0 Å². The highest BCUT2D eigenvalue weighted by atomic mass is 19.1. The van der Waals surface area contributed by atoms with Gasteiger partial charge in [-0.05, 0) is 25.5 Å². The van der Waals surface area contributed by atoms with E-state index in [0.29, 0.717) is 18.2 Å². The molecule has 0 radical (unpaired) electrons. The summed E-state index contributed by atoms with van der Waals surface area (Å²) in [5.74, 6) is -1.80. The van der Waals surface area contributed by atoms with E-state index in [2.05, 4.69) is 11.8 Å². The highest BCUT2D eigenvalue weighted by molar-refractivity contribution is 5.88. The van der Waals surface area contributed by atoms with Gasteiger partial charge in [-0.2, -0.15) is 0 Å². The number of carboxylic acid groups (broad SMARTS) is 1. The molecule has 0 bridgehead atoms. The zero-order valence-corrected chi connectivity index (χ0v) is 11.2. The Morgan fingerprint density at radius 3 is 2.68 bits per heavy atom. The lowest BCUT2D eigenvalue weighted by Gasteiger charge is -2.27. The highest BCUT2D eigenvalue weighted by Gasteiger charge is 2.23. The first-order chi connectivity index (χ1) is 9.13. The Hall–Kier alpha value is -1.42. The lowest BCUT2D eigenvalue weighted by Crippen LogP contribution is -2.32. The summed E-state index contributed by atoms with van der Waals surface area (Å²) >= 11 is 0. The molecule has 104 valence electrons. The van der Waals surface area contributed by atoms with Gasteiger partial charge in [0, 0.05) is 18.2 Å². The van der Waals surface area contributed by atoms with Gasteiger partial charge >= 0.3 is 5.97 Å². The Morgan fingerprint density at radius 1 is 1.42 bits per heavy atom. The SMILES string of the molecule is CCN(Cc1cccc(C(=O)O)c1F)C1CCCC1. The van der Waals surface area contributed by atoms with Crippen molar-refractivity contribution in [1.29, 1.82) is 0 Å². The standard InChI is InChI=1S/C15H20FNO2/c1-2-17(12-7-3-4-8-12)10-11-6-5-9-13(14(11)16)15(18)19/h5-6,9,12H,2-4,7-8,10H2,1H3,(H,18,19). The number of hydrogen-bond acceptors (Lipinski definition) is 2. The van der Waals surface area contributed by atoms with Crippen LogP contribution < -0.4 is 0 Å². The normalized spacial score (nSPS) is 16.2. The molecular formula is C15H20FNO2. The van der Waals surface area contributed by atoms with E-state index in [-0.39, 0.29) is 5.56 Å². The third-order valence-electron chi connectivity index (χ3n) is 3.93. The number of aromatic carboxylic acids is 1. The summed E-state index contributed by atoms with van der Waals surface area (Å²) in [5.41, 5.74) is 0.244. The third kappa shape index (κ3) is 3.13. The van der Waals surface area contributed by atoms with Crippen molar-refractivity contribution in [3.05, 3.63) is 35.1 Å². The van der Waals surface area contributed by atoms with E-state index in [1.165, 1.54) is 18.9 Å². The monoisotopic (exact) mass is 265 g/mol. The maximum Gasteiger partial charge on any atom is 0.338 e. The summed E-state index contributed by atoms with van der Waals surface area (Å²) in [4.78, 5) is 13.2. The number of nitrogens with zero attached hydrogens (tertiary/aromatic N) is 1. The summed E-state index contributed by atoms with van der Waals surface area (Å²) < 4.78 is 14.1. The van der Waals surface area contributed by atoms with Crippen molar-refractivity contribution in [2.75, 3.05) is 6.54 Å². The number of halogens is 1. The Balaban J connectivity index is 2.17. The maximum atomic E-state index is 14.1. The molecule has 0 saturated heterocycles. The molecule has 0 spiro atoms. The summed E-state index contributed by atoms with van der Waals surface area (Å²) in [5, 5.41) is 8.94. The lowest BCUT2D eigenvalue weighted by molar-refractivity contribution is 0.0691. The predicted octanol–water partition coefficient (Wildman–Crippen LogP) is 3.29. The molecule has 0 amide bonds. The molecule has 19 heavy (non-hydrogen) atoms. The highest BCUT2D eigenvalue weighted by Crippen LogP contribution is 2.25. The van der Waals surface area contributed by atoms with Crippen molar-refractivity contribution in [3.8, 4) is 0 Å². The van der Waals surface area contributed by atoms with E-state index >= 15 is 0 Å². The largest absolute Gasteiger partial charge is 0.478 e. The fraction of sp³-hybridized carbons (Fsp3) is 0.533. The van der Waals surface area contributed by atoms with E-state index in [1.54, 1.807) is 12.1 Å². The first-order valence-electron chi connectivity index (χ1n) is 6.88. The van der Waals surface area contributed by atoms with Crippen LogP contribution in [0.3, 0.4) is 0 Å². The van der Waals surface area contributed by atoms with Gasteiger partial charge in [-0.15, -0.1) is 0 Å². The molecule has 2 rings (SSSR count). The number of carbonyl (C=O) groups is 1. The van der Waals surface area contributed by atoms with Gasteiger partial charge in [0.15, 0.2) is 0 Å². The first-order valence-corrected chi connectivity index (χ1v) is 6.88. The smallest absolute Gasteiger partial charge is 0.338 e. The van der Waals surface area contributed by atoms with Crippen LogP contribution in [0.15, 0.2) is 18.2 Å². The molecule has 0 atom stereocenters.